The van der Waals surface area contributed by atoms with Crippen LogP contribution in [0.5, 0.6) is 0 Å². The molecule has 164 valence electrons. The van der Waals surface area contributed by atoms with Crippen molar-refractivity contribution in [3.05, 3.63) is 70.8 Å². The number of hydrogen-bond donors (Lipinski definition) is 0. The third-order valence-corrected chi connectivity index (χ3v) is 7.36. The molecule has 2 aromatic rings. The van der Waals surface area contributed by atoms with Gasteiger partial charge >= 0.3 is 0 Å². The number of carbonyl (C=O) groups excluding carboxylic acids is 1. The van der Waals surface area contributed by atoms with Crippen LogP contribution in [0.25, 0.3) is 0 Å². The van der Waals surface area contributed by atoms with Gasteiger partial charge < -0.3 is 9.47 Å². The van der Waals surface area contributed by atoms with Crippen molar-refractivity contribution in [2.75, 3.05) is 13.2 Å². The Morgan fingerprint density at radius 3 is 1.77 bits per heavy atom. The maximum Gasteiger partial charge on any atom is 0.163 e. The first kappa shape index (κ1) is 20.9. The summed E-state index contributed by atoms with van der Waals surface area (Å²) in [6.07, 6.45) is 10.8. The van der Waals surface area contributed by atoms with Crippen molar-refractivity contribution in [3.63, 3.8) is 0 Å². The van der Waals surface area contributed by atoms with Crippen LogP contribution >= 0.6 is 0 Å². The summed E-state index contributed by atoms with van der Waals surface area (Å²) in [5.74, 6) is 1.50. The highest BCUT2D eigenvalue weighted by atomic mass is 16.6. The van der Waals surface area contributed by atoms with Crippen molar-refractivity contribution >= 4 is 5.78 Å². The molecule has 2 aliphatic heterocycles. The molecule has 2 atom stereocenters. The van der Waals surface area contributed by atoms with E-state index in [1.165, 1.54) is 29.5 Å². The van der Waals surface area contributed by atoms with Crippen molar-refractivity contribution in [2.45, 2.75) is 75.9 Å². The van der Waals surface area contributed by atoms with E-state index in [-0.39, 0.29) is 0 Å². The Balaban J connectivity index is 1.06. The molecule has 2 unspecified atom stereocenters. The van der Waals surface area contributed by atoms with Crippen LogP contribution in [-0.2, 0) is 22.3 Å². The third kappa shape index (κ3) is 6.05. The highest BCUT2D eigenvalue weighted by Gasteiger charge is 2.25. The highest BCUT2D eigenvalue weighted by Crippen LogP contribution is 2.37. The molecule has 0 bridgehead atoms. The van der Waals surface area contributed by atoms with E-state index in [4.69, 9.17) is 9.47 Å². The minimum atomic E-state index is 0.310. The maximum atomic E-state index is 12.8. The number of hydrogen-bond acceptors (Lipinski definition) is 3. The molecule has 3 heteroatoms. The van der Waals surface area contributed by atoms with Crippen LogP contribution in [0.15, 0.2) is 48.5 Å². The minimum absolute atomic E-state index is 0.310. The second-order valence-corrected chi connectivity index (χ2v) is 9.77. The van der Waals surface area contributed by atoms with E-state index in [0.717, 1.165) is 57.3 Å². The van der Waals surface area contributed by atoms with Gasteiger partial charge in [0.1, 0.15) is 0 Å². The third-order valence-electron chi connectivity index (χ3n) is 7.36. The van der Waals surface area contributed by atoms with Crippen LogP contribution in [0.4, 0.5) is 0 Å². The summed E-state index contributed by atoms with van der Waals surface area (Å²) in [6.45, 7) is 1.87. The molecule has 0 amide bonds. The second-order valence-electron chi connectivity index (χ2n) is 9.77. The molecule has 0 N–H and O–H groups in total. The fraction of sp³-hybridized carbons (Fsp3) is 0.536. The Morgan fingerprint density at radius 2 is 1.26 bits per heavy atom. The monoisotopic (exact) mass is 418 g/mol. The van der Waals surface area contributed by atoms with Gasteiger partial charge in [0.15, 0.2) is 5.78 Å². The average molecular weight is 419 g/mol. The van der Waals surface area contributed by atoms with E-state index in [1.807, 2.05) is 12.1 Å². The molecular weight excluding hydrogens is 384 g/mol. The summed E-state index contributed by atoms with van der Waals surface area (Å²) in [7, 11) is 0. The van der Waals surface area contributed by atoms with E-state index in [2.05, 4.69) is 36.4 Å². The molecule has 2 heterocycles. The predicted octanol–water partition coefficient (Wildman–Crippen LogP) is 5.90. The van der Waals surface area contributed by atoms with E-state index >= 15 is 0 Å². The smallest absolute Gasteiger partial charge is 0.163 e. The van der Waals surface area contributed by atoms with Gasteiger partial charge in [-0.05, 0) is 79.9 Å². The van der Waals surface area contributed by atoms with Crippen LogP contribution in [-0.4, -0.2) is 31.2 Å². The average Bonchev–Trinajstić information content (AvgIpc) is 3.73. The SMILES string of the molecule is O=C(CC1CCC(c2ccc(CCC3CO3)cc2)CC1)c1ccc(CCC2CO2)cc1. The van der Waals surface area contributed by atoms with Crippen molar-refractivity contribution in [2.24, 2.45) is 5.92 Å². The van der Waals surface area contributed by atoms with Crippen LogP contribution in [0.1, 0.15) is 77.9 Å². The zero-order chi connectivity index (χ0) is 21.0. The molecule has 2 aromatic carbocycles. The molecule has 1 aliphatic carbocycles. The van der Waals surface area contributed by atoms with Crippen molar-refractivity contribution in [1.29, 1.82) is 0 Å². The second kappa shape index (κ2) is 9.67. The zero-order valence-corrected chi connectivity index (χ0v) is 18.4. The molecule has 0 aromatic heterocycles. The fourth-order valence-electron chi connectivity index (χ4n) is 5.02. The van der Waals surface area contributed by atoms with Gasteiger partial charge in [-0.15, -0.1) is 0 Å². The Bertz CT molecular complexity index is 854. The molecular formula is C28H34O3. The highest BCUT2D eigenvalue weighted by molar-refractivity contribution is 5.96. The number of carbonyl (C=O) groups is 1. The molecule has 0 radical (unpaired) electrons. The predicted molar refractivity (Wildman–Crippen MR) is 123 cm³/mol. The lowest BCUT2D eigenvalue weighted by molar-refractivity contribution is 0.0948. The molecule has 0 spiro atoms. The maximum absolute atomic E-state index is 12.8. The number of aryl methyl sites for hydroxylation is 2. The van der Waals surface area contributed by atoms with E-state index in [1.54, 1.807) is 0 Å². The Morgan fingerprint density at radius 1 is 0.742 bits per heavy atom. The number of benzene rings is 2. The van der Waals surface area contributed by atoms with Crippen molar-refractivity contribution in [3.8, 4) is 0 Å². The number of epoxide rings is 2. The number of rotatable bonds is 10. The van der Waals surface area contributed by atoms with Gasteiger partial charge in [0, 0.05) is 12.0 Å². The van der Waals surface area contributed by atoms with E-state index < -0.39 is 0 Å². The lowest BCUT2D eigenvalue weighted by atomic mass is 9.76. The standard InChI is InChI=1S/C28H34O3/c29-28(25-13-3-21(4-14-25)8-16-27-19-31-27)17-22-5-11-24(12-6-22)23-9-1-20(2-10-23)7-15-26-18-30-26/h1-4,9-10,13-14,22,24,26-27H,5-8,11-12,15-19H2. The van der Waals surface area contributed by atoms with Gasteiger partial charge in [0.2, 0.25) is 0 Å². The van der Waals surface area contributed by atoms with Crippen molar-refractivity contribution in [1.82, 2.24) is 0 Å². The largest absolute Gasteiger partial charge is 0.373 e. The summed E-state index contributed by atoms with van der Waals surface area (Å²) < 4.78 is 10.6. The van der Waals surface area contributed by atoms with Gasteiger partial charge in [-0.2, -0.15) is 0 Å². The Kier molecular flexibility index (Phi) is 6.52. The Labute approximate surface area is 186 Å². The summed E-state index contributed by atoms with van der Waals surface area (Å²) in [5, 5.41) is 0. The summed E-state index contributed by atoms with van der Waals surface area (Å²) in [5.41, 5.74) is 5.08. The van der Waals surface area contributed by atoms with Crippen LogP contribution in [0, 0.1) is 5.92 Å². The summed E-state index contributed by atoms with van der Waals surface area (Å²) in [4.78, 5) is 12.8. The van der Waals surface area contributed by atoms with Gasteiger partial charge in [-0.25, -0.2) is 0 Å². The summed E-state index contributed by atoms with van der Waals surface area (Å²) >= 11 is 0. The van der Waals surface area contributed by atoms with Crippen molar-refractivity contribution < 1.29 is 14.3 Å². The Hall–Kier alpha value is -1.97. The first-order valence-corrected chi connectivity index (χ1v) is 12.2. The van der Waals surface area contributed by atoms with Gasteiger partial charge in [0.25, 0.3) is 0 Å². The van der Waals surface area contributed by atoms with E-state index in [9.17, 15) is 4.79 Å². The molecule has 3 fully saturated rings. The molecule has 3 aliphatic rings. The fourth-order valence-corrected chi connectivity index (χ4v) is 5.02. The molecule has 31 heavy (non-hydrogen) atoms. The topological polar surface area (TPSA) is 42.1 Å². The van der Waals surface area contributed by atoms with Crippen LogP contribution < -0.4 is 0 Å². The van der Waals surface area contributed by atoms with Gasteiger partial charge in [-0.1, -0.05) is 48.5 Å². The molecule has 3 nitrogen and oxygen atoms in total. The number of ether oxygens (including phenoxy) is 2. The molecule has 1 saturated carbocycles. The lowest BCUT2D eigenvalue weighted by Crippen LogP contribution is -2.16. The van der Waals surface area contributed by atoms with E-state index in [0.29, 0.717) is 36.2 Å². The van der Waals surface area contributed by atoms with Gasteiger partial charge in [-0.3, -0.25) is 4.79 Å². The lowest BCUT2D eigenvalue weighted by Gasteiger charge is -2.28. The summed E-state index contributed by atoms with van der Waals surface area (Å²) in [6, 6.07) is 17.5. The van der Waals surface area contributed by atoms with Gasteiger partial charge in [0.05, 0.1) is 25.4 Å². The first-order valence-electron chi connectivity index (χ1n) is 12.2. The molecule has 5 rings (SSSR count). The normalized spacial score (nSPS) is 27.1. The number of Topliss-reactive ketones (excluding diaryl/α,β-unsaturated/α-hetero) is 1. The molecule has 2 saturated heterocycles. The minimum Gasteiger partial charge on any atom is -0.373 e. The van der Waals surface area contributed by atoms with Crippen LogP contribution in [0.2, 0.25) is 0 Å². The zero-order valence-electron chi connectivity index (χ0n) is 18.4. The number of ketones is 1. The quantitative estimate of drug-likeness (QED) is 0.356. The first-order chi connectivity index (χ1) is 15.2. The van der Waals surface area contributed by atoms with Crippen LogP contribution in [0.3, 0.4) is 0 Å².